The van der Waals surface area contributed by atoms with Crippen LogP contribution in [0.1, 0.15) is 0 Å². The molecular formula is C49H31N3. The SMILES string of the molecule is c1ccc(-c2ccc3c(-c4ccc5ccccc5c4)c4ccccc4c(-c4nc5cccc6c5n4-c4ccccc4N6c4ccccc4)c3c2)cc1. The summed E-state index contributed by atoms with van der Waals surface area (Å²) in [5.74, 6) is 0.944. The lowest BCUT2D eigenvalue weighted by atomic mass is 9.86. The first-order valence-corrected chi connectivity index (χ1v) is 17.8. The molecule has 0 aliphatic carbocycles. The molecule has 1 aliphatic rings. The van der Waals surface area contributed by atoms with Crippen LogP contribution in [0.5, 0.6) is 0 Å². The minimum atomic E-state index is 0.944. The largest absolute Gasteiger partial charge is 0.306 e. The van der Waals surface area contributed by atoms with Crippen molar-refractivity contribution in [2.75, 3.05) is 4.90 Å². The number of fused-ring (bicyclic) bond motifs is 5. The van der Waals surface area contributed by atoms with Crippen molar-refractivity contribution in [1.29, 1.82) is 0 Å². The monoisotopic (exact) mass is 661 g/mol. The second-order valence-corrected chi connectivity index (χ2v) is 13.6. The van der Waals surface area contributed by atoms with Crippen LogP contribution in [-0.2, 0) is 0 Å². The smallest absolute Gasteiger partial charge is 0.147 e. The van der Waals surface area contributed by atoms with E-state index in [2.05, 4.69) is 198 Å². The van der Waals surface area contributed by atoms with Gasteiger partial charge in [-0.15, -0.1) is 0 Å². The second kappa shape index (κ2) is 11.3. The molecule has 3 nitrogen and oxygen atoms in total. The molecule has 0 bridgehead atoms. The summed E-state index contributed by atoms with van der Waals surface area (Å²) in [7, 11) is 0. The Morgan fingerprint density at radius 1 is 0.365 bits per heavy atom. The number of anilines is 3. The third kappa shape index (κ3) is 4.23. The van der Waals surface area contributed by atoms with E-state index in [1.807, 2.05) is 0 Å². The lowest BCUT2D eigenvalue weighted by molar-refractivity contribution is 1.07. The van der Waals surface area contributed by atoms with Crippen LogP contribution in [0, 0.1) is 0 Å². The Kier molecular flexibility index (Phi) is 6.25. The molecule has 0 saturated carbocycles. The first-order valence-electron chi connectivity index (χ1n) is 17.8. The van der Waals surface area contributed by atoms with Crippen LogP contribution < -0.4 is 4.90 Å². The molecule has 10 aromatic rings. The third-order valence-corrected chi connectivity index (χ3v) is 10.7. The van der Waals surface area contributed by atoms with E-state index in [9.17, 15) is 0 Å². The van der Waals surface area contributed by atoms with E-state index in [-0.39, 0.29) is 0 Å². The average molecular weight is 662 g/mol. The molecule has 1 aromatic heterocycles. The molecule has 0 amide bonds. The van der Waals surface area contributed by atoms with Crippen molar-refractivity contribution in [3.05, 3.63) is 188 Å². The van der Waals surface area contributed by atoms with Crippen molar-refractivity contribution in [3.8, 4) is 39.3 Å². The molecule has 0 fully saturated rings. The van der Waals surface area contributed by atoms with E-state index < -0.39 is 0 Å². The molecule has 242 valence electrons. The summed E-state index contributed by atoms with van der Waals surface area (Å²) in [6, 6.07) is 67.9. The van der Waals surface area contributed by atoms with Gasteiger partial charge in [-0.05, 0) is 103 Å². The molecule has 0 N–H and O–H groups in total. The van der Waals surface area contributed by atoms with Crippen molar-refractivity contribution >= 4 is 60.4 Å². The number of aromatic nitrogens is 2. The predicted octanol–water partition coefficient (Wildman–Crippen LogP) is 13.3. The normalized spacial score (nSPS) is 12.2. The molecule has 2 heterocycles. The Morgan fingerprint density at radius 2 is 1.00 bits per heavy atom. The number of rotatable bonds is 4. The van der Waals surface area contributed by atoms with Crippen LogP contribution in [0.3, 0.4) is 0 Å². The molecule has 3 heteroatoms. The Bertz CT molecular complexity index is 3010. The quantitative estimate of drug-likeness (QED) is 0.175. The van der Waals surface area contributed by atoms with E-state index >= 15 is 0 Å². The van der Waals surface area contributed by atoms with Gasteiger partial charge in [-0.25, -0.2) is 4.98 Å². The van der Waals surface area contributed by atoms with E-state index in [0.717, 1.165) is 45.2 Å². The highest BCUT2D eigenvalue weighted by Gasteiger charge is 2.31. The van der Waals surface area contributed by atoms with Crippen LogP contribution in [0.2, 0.25) is 0 Å². The molecular weight excluding hydrogens is 631 g/mol. The van der Waals surface area contributed by atoms with E-state index in [1.165, 1.54) is 54.6 Å². The maximum absolute atomic E-state index is 5.56. The number of imidazole rings is 1. The Hall–Kier alpha value is -6.97. The van der Waals surface area contributed by atoms with Crippen LogP contribution in [-0.4, -0.2) is 9.55 Å². The lowest BCUT2D eigenvalue weighted by Crippen LogP contribution is -2.18. The zero-order valence-electron chi connectivity index (χ0n) is 28.2. The number of hydrogen-bond acceptors (Lipinski definition) is 2. The fourth-order valence-electron chi connectivity index (χ4n) is 8.40. The summed E-state index contributed by atoms with van der Waals surface area (Å²) in [4.78, 5) is 7.93. The predicted molar refractivity (Wildman–Crippen MR) is 218 cm³/mol. The topological polar surface area (TPSA) is 21.1 Å². The van der Waals surface area contributed by atoms with Crippen LogP contribution in [0.4, 0.5) is 17.1 Å². The van der Waals surface area contributed by atoms with Crippen molar-refractivity contribution in [3.63, 3.8) is 0 Å². The molecule has 9 aromatic carbocycles. The van der Waals surface area contributed by atoms with Crippen molar-refractivity contribution < 1.29 is 0 Å². The van der Waals surface area contributed by atoms with Gasteiger partial charge in [0.05, 0.1) is 28.1 Å². The molecule has 0 radical (unpaired) electrons. The fraction of sp³-hybridized carbons (Fsp3) is 0. The van der Waals surface area contributed by atoms with Crippen molar-refractivity contribution in [2.24, 2.45) is 0 Å². The molecule has 1 aliphatic heterocycles. The van der Waals surface area contributed by atoms with E-state index in [4.69, 9.17) is 4.98 Å². The number of nitrogens with zero attached hydrogens (tertiary/aromatic N) is 3. The summed E-state index contributed by atoms with van der Waals surface area (Å²) in [5.41, 5.74) is 12.5. The average Bonchev–Trinajstić information content (AvgIpc) is 3.60. The summed E-state index contributed by atoms with van der Waals surface area (Å²) >= 11 is 0. The third-order valence-electron chi connectivity index (χ3n) is 10.7. The van der Waals surface area contributed by atoms with Gasteiger partial charge in [0.2, 0.25) is 0 Å². The first kappa shape index (κ1) is 28.8. The highest BCUT2D eigenvalue weighted by Crippen LogP contribution is 2.51. The molecule has 0 spiro atoms. The summed E-state index contributed by atoms with van der Waals surface area (Å²) in [6.07, 6.45) is 0. The molecule has 11 rings (SSSR count). The molecule has 0 saturated heterocycles. The Labute approximate surface area is 301 Å². The maximum Gasteiger partial charge on any atom is 0.147 e. The van der Waals surface area contributed by atoms with Gasteiger partial charge in [0.1, 0.15) is 5.82 Å². The maximum atomic E-state index is 5.56. The molecule has 52 heavy (non-hydrogen) atoms. The van der Waals surface area contributed by atoms with Crippen molar-refractivity contribution in [2.45, 2.75) is 0 Å². The van der Waals surface area contributed by atoms with E-state index in [1.54, 1.807) is 0 Å². The van der Waals surface area contributed by atoms with Gasteiger partial charge in [-0.2, -0.15) is 0 Å². The van der Waals surface area contributed by atoms with Gasteiger partial charge < -0.3 is 4.90 Å². The summed E-state index contributed by atoms with van der Waals surface area (Å²) in [5, 5.41) is 7.25. The van der Waals surface area contributed by atoms with Crippen LogP contribution in [0.15, 0.2) is 188 Å². The van der Waals surface area contributed by atoms with Crippen LogP contribution >= 0.6 is 0 Å². The van der Waals surface area contributed by atoms with Crippen LogP contribution in [0.25, 0.3) is 82.7 Å². The Balaban J connectivity index is 1.29. The van der Waals surface area contributed by atoms with Gasteiger partial charge in [0.15, 0.2) is 0 Å². The van der Waals surface area contributed by atoms with Gasteiger partial charge in [-0.1, -0.05) is 140 Å². The van der Waals surface area contributed by atoms with E-state index in [0.29, 0.717) is 0 Å². The minimum absolute atomic E-state index is 0.944. The number of benzene rings is 9. The highest BCUT2D eigenvalue weighted by molar-refractivity contribution is 6.22. The van der Waals surface area contributed by atoms with Gasteiger partial charge in [0.25, 0.3) is 0 Å². The summed E-state index contributed by atoms with van der Waals surface area (Å²) in [6.45, 7) is 0. The standard InChI is InChI=1S/C49H31N3/c1-3-14-32(15-4-1)35-28-29-40-41(31-35)47(39-21-10-9-20-38(39)46(40)36-27-26-33-16-7-8-17-34(33)30-36)49-50-42-22-13-25-45-48(42)52(49)44-24-12-11-23-43(44)51(45)37-18-5-2-6-19-37/h1-31H. The van der Waals surface area contributed by atoms with Gasteiger partial charge >= 0.3 is 0 Å². The Morgan fingerprint density at radius 3 is 1.83 bits per heavy atom. The van der Waals surface area contributed by atoms with Crippen molar-refractivity contribution in [1.82, 2.24) is 9.55 Å². The lowest BCUT2D eigenvalue weighted by Gasteiger charge is -2.33. The number of para-hydroxylation sites is 4. The zero-order valence-corrected chi connectivity index (χ0v) is 28.2. The molecule has 0 atom stereocenters. The first-order chi connectivity index (χ1) is 25.8. The summed E-state index contributed by atoms with van der Waals surface area (Å²) < 4.78 is 2.41. The van der Waals surface area contributed by atoms with Gasteiger partial charge in [0, 0.05) is 11.3 Å². The van der Waals surface area contributed by atoms with Gasteiger partial charge in [-0.3, -0.25) is 4.57 Å². The molecule has 0 unspecified atom stereocenters. The second-order valence-electron chi connectivity index (χ2n) is 13.6. The zero-order chi connectivity index (χ0) is 34.2. The minimum Gasteiger partial charge on any atom is -0.306 e. The highest BCUT2D eigenvalue weighted by atomic mass is 15.2. The fourth-order valence-corrected chi connectivity index (χ4v) is 8.40. The number of hydrogen-bond donors (Lipinski definition) is 0.